The van der Waals surface area contributed by atoms with Crippen molar-refractivity contribution in [2.45, 2.75) is 12.3 Å². The van der Waals surface area contributed by atoms with Gasteiger partial charge in [0.25, 0.3) is 0 Å². The van der Waals surface area contributed by atoms with Crippen molar-refractivity contribution < 1.29 is 18.0 Å². The Hall–Kier alpha value is -2.88. The molecule has 0 aliphatic carbocycles. The van der Waals surface area contributed by atoms with E-state index in [-0.39, 0.29) is 5.78 Å². The summed E-state index contributed by atoms with van der Waals surface area (Å²) in [6.07, 6.45) is 0. The number of hydrogen-bond donors (Lipinski definition) is 0. The normalized spacial score (nSPS) is 11.4. The van der Waals surface area contributed by atoms with Gasteiger partial charge in [0.15, 0.2) is 0 Å². The number of hydrogen-bond acceptors (Lipinski definition) is 1. The SMILES string of the molecule is CC(=O)C(c1cccc(F)c1)(c1cccc(F)c1)c1cccc(F)c1. The fourth-order valence-electron chi connectivity index (χ4n) is 3.28. The first kappa shape index (κ1) is 17.0. The maximum Gasteiger partial charge on any atom is 0.149 e. The lowest BCUT2D eigenvalue weighted by atomic mass is 9.67. The first-order chi connectivity index (χ1) is 11.9. The van der Waals surface area contributed by atoms with E-state index in [0.717, 1.165) is 0 Å². The van der Waals surface area contributed by atoms with Crippen LogP contribution in [0.15, 0.2) is 72.8 Å². The summed E-state index contributed by atoms with van der Waals surface area (Å²) in [7, 11) is 0. The molecule has 0 atom stereocenters. The highest BCUT2D eigenvalue weighted by Gasteiger charge is 2.41. The Morgan fingerprint density at radius 3 is 1.24 bits per heavy atom. The van der Waals surface area contributed by atoms with Crippen LogP contribution in [0.3, 0.4) is 0 Å². The van der Waals surface area contributed by atoms with Crippen LogP contribution in [0.25, 0.3) is 0 Å². The van der Waals surface area contributed by atoms with Gasteiger partial charge >= 0.3 is 0 Å². The molecule has 0 aliphatic rings. The van der Waals surface area contributed by atoms with E-state index in [1.807, 2.05) is 0 Å². The average molecular weight is 340 g/mol. The van der Waals surface area contributed by atoms with Crippen molar-refractivity contribution in [3.8, 4) is 0 Å². The molecule has 0 bridgehead atoms. The molecule has 0 saturated heterocycles. The molecular formula is C21H15F3O. The molecule has 0 saturated carbocycles. The number of carbonyl (C=O) groups is 1. The average Bonchev–Trinajstić information content (AvgIpc) is 2.55. The van der Waals surface area contributed by atoms with Gasteiger partial charge < -0.3 is 0 Å². The number of halogens is 3. The second-order valence-corrected chi connectivity index (χ2v) is 5.84. The van der Waals surface area contributed by atoms with E-state index in [9.17, 15) is 18.0 Å². The number of benzene rings is 3. The molecule has 0 fully saturated rings. The lowest BCUT2D eigenvalue weighted by Crippen LogP contribution is -2.37. The fourth-order valence-corrected chi connectivity index (χ4v) is 3.28. The van der Waals surface area contributed by atoms with E-state index in [1.54, 1.807) is 18.2 Å². The number of rotatable bonds is 4. The van der Waals surface area contributed by atoms with Gasteiger partial charge in [0.1, 0.15) is 28.6 Å². The molecule has 126 valence electrons. The molecule has 0 N–H and O–H groups in total. The van der Waals surface area contributed by atoms with Crippen LogP contribution in [0.1, 0.15) is 23.6 Å². The van der Waals surface area contributed by atoms with E-state index in [0.29, 0.717) is 16.7 Å². The monoisotopic (exact) mass is 340 g/mol. The molecule has 25 heavy (non-hydrogen) atoms. The second kappa shape index (κ2) is 6.55. The topological polar surface area (TPSA) is 17.1 Å². The summed E-state index contributed by atoms with van der Waals surface area (Å²) in [6, 6.07) is 16.6. The molecule has 1 nitrogen and oxygen atoms in total. The lowest BCUT2D eigenvalue weighted by molar-refractivity contribution is -0.119. The maximum atomic E-state index is 13.9. The Labute approximate surface area is 143 Å². The van der Waals surface area contributed by atoms with Crippen LogP contribution in [0, 0.1) is 17.5 Å². The Balaban J connectivity index is 2.43. The fraction of sp³-hybridized carbons (Fsp3) is 0.0952. The quantitative estimate of drug-likeness (QED) is 0.609. The van der Waals surface area contributed by atoms with Crippen molar-refractivity contribution >= 4 is 5.78 Å². The lowest BCUT2D eigenvalue weighted by Gasteiger charge is -2.33. The van der Waals surface area contributed by atoms with E-state index >= 15 is 0 Å². The van der Waals surface area contributed by atoms with Crippen molar-refractivity contribution in [2.24, 2.45) is 0 Å². The van der Waals surface area contributed by atoms with Gasteiger partial charge in [0.05, 0.1) is 0 Å². The van der Waals surface area contributed by atoms with Crippen LogP contribution in [-0.4, -0.2) is 5.78 Å². The Morgan fingerprint density at radius 2 is 1.00 bits per heavy atom. The predicted molar refractivity (Wildman–Crippen MR) is 89.8 cm³/mol. The molecule has 0 heterocycles. The van der Waals surface area contributed by atoms with Crippen molar-refractivity contribution in [3.63, 3.8) is 0 Å². The van der Waals surface area contributed by atoms with Crippen LogP contribution >= 0.6 is 0 Å². The van der Waals surface area contributed by atoms with Crippen LogP contribution in [0.4, 0.5) is 13.2 Å². The molecule has 3 aromatic rings. The Kier molecular flexibility index (Phi) is 4.45. The van der Waals surface area contributed by atoms with Gasteiger partial charge in [-0.1, -0.05) is 36.4 Å². The molecule has 0 aliphatic heterocycles. The van der Waals surface area contributed by atoms with E-state index in [2.05, 4.69) is 0 Å². The maximum absolute atomic E-state index is 13.9. The predicted octanol–water partition coefficient (Wildman–Crippen LogP) is 5.03. The highest BCUT2D eigenvalue weighted by atomic mass is 19.1. The Bertz CT molecular complexity index is 823. The summed E-state index contributed by atoms with van der Waals surface area (Å²) in [5.74, 6) is -1.96. The van der Waals surface area contributed by atoms with Gasteiger partial charge in [-0.25, -0.2) is 13.2 Å². The molecule has 0 unspecified atom stereocenters. The van der Waals surface area contributed by atoms with Gasteiger partial charge in [-0.05, 0) is 60.0 Å². The van der Waals surface area contributed by atoms with Gasteiger partial charge in [-0.15, -0.1) is 0 Å². The molecule has 0 radical (unpaired) electrons. The van der Waals surface area contributed by atoms with E-state index in [4.69, 9.17) is 0 Å². The second-order valence-electron chi connectivity index (χ2n) is 5.84. The summed E-state index contributed by atoms with van der Waals surface area (Å²) < 4.78 is 41.7. The van der Waals surface area contributed by atoms with Gasteiger partial charge in [-0.3, -0.25) is 4.79 Å². The zero-order valence-electron chi connectivity index (χ0n) is 13.5. The molecule has 0 amide bonds. The van der Waals surface area contributed by atoms with Crippen LogP contribution in [-0.2, 0) is 10.2 Å². The van der Waals surface area contributed by atoms with Crippen molar-refractivity contribution in [2.75, 3.05) is 0 Å². The molecule has 3 rings (SSSR count). The smallest absolute Gasteiger partial charge is 0.149 e. The summed E-state index contributed by atoms with van der Waals surface area (Å²) in [6.45, 7) is 1.33. The first-order valence-corrected chi connectivity index (χ1v) is 7.74. The number of ketones is 1. The minimum Gasteiger partial charge on any atom is -0.298 e. The molecule has 3 aromatic carbocycles. The zero-order chi connectivity index (χ0) is 18.0. The van der Waals surface area contributed by atoms with Crippen molar-refractivity contribution in [1.82, 2.24) is 0 Å². The molecular weight excluding hydrogens is 325 g/mol. The van der Waals surface area contributed by atoms with Crippen molar-refractivity contribution in [3.05, 3.63) is 107 Å². The molecule has 4 heteroatoms. The third-order valence-electron chi connectivity index (χ3n) is 4.30. The van der Waals surface area contributed by atoms with E-state index in [1.165, 1.54) is 61.5 Å². The van der Waals surface area contributed by atoms with Crippen LogP contribution < -0.4 is 0 Å². The first-order valence-electron chi connectivity index (χ1n) is 7.74. The largest absolute Gasteiger partial charge is 0.298 e. The minimum absolute atomic E-state index is 0.316. The number of Topliss-reactive ketones (excluding diaryl/α,β-unsaturated/α-hetero) is 1. The third kappa shape index (κ3) is 2.95. The highest BCUT2D eigenvalue weighted by molar-refractivity contribution is 5.96. The summed E-state index contributed by atoms with van der Waals surface area (Å²) >= 11 is 0. The van der Waals surface area contributed by atoms with E-state index < -0.39 is 22.9 Å². The molecule has 0 aromatic heterocycles. The minimum atomic E-state index is -1.51. The Morgan fingerprint density at radius 1 is 0.680 bits per heavy atom. The van der Waals surface area contributed by atoms with Crippen LogP contribution in [0.2, 0.25) is 0 Å². The van der Waals surface area contributed by atoms with Gasteiger partial charge in [0, 0.05) is 0 Å². The third-order valence-corrected chi connectivity index (χ3v) is 4.30. The molecule has 0 spiro atoms. The highest BCUT2D eigenvalue weighted by Crippen LogP contribution is 2.40. The van der Waals surface area contributed by atoms with Crippen molar-refractivity contribution in [1.29, 1.82) is 0 Å². The standard InChI is InChI=1S/C21H15F3O/c1-14(25)21(15-5-2-8-18(22)11-15,16-6-3-9-19(23)12-16)17-7-4-10-20(24)13-17/h2-13H,1H3. The van der Waals surface area contributed by atoms with Gasteiger partial charge in [-0.2, -0.15) is 0 Å². The summed E-state index contributed by atoms with van der Waals surface area (Å²) in [5, 5.41) is 0. The summed E-state index contributed by atoms with van der Waals surface area (Å²) in [4.78, 5) is 12.8. The number of carbonyl (C=O) groups excluding carboxylic acids is 1. The zero-order valence-corrected chi connectivity index (χ0v) is 13.5. The van der Waals surface area contributed by atoms with Crippen LogP contribution in [0.5, 0.6) is 0 Å². The summed E-state index contributed by atoms with van der Waals surface area (Å²) in [5.41, 5.74) is -0.560. The van der Waals surface area contributed by atoms with Gasteiger partial charge in [0.2, 0.25) is 0 Å².